The Morgan fingerprint density at radius 3 is 2.39 bits per heavy atom. The summed E-state index contributed by atoms with van der Waals surface area (Å²) < 4.78 is 48.8. The van der Waals surface area contributed by atoms with Gasteiger partial charge in [-0.1, -0.05) is 24.3 Å². The van der Waals surface area contributed by atoms with Gasteiger partial charge in [-0.15, -0.1) is 0 Å². The maximum atomic E-state index is 13.9. The first-order valence-electron chi connectivity index (χ1n) is 6.76. The van der Waals surface area contributed by atoms with Crippen LogP contribution in [0.15, 0.2) is 36.4 Å². The SMILES string of the molecule is CS(=O)(=O)Nc1ccc(/C=C/c2ccc3c(c2)OCO3)cc1F. The van der Waals surface area contributed by atoms with Gasteiger partial charge in [0.15, 0.2) is 11.5 Å². The minimum atomic E-state index is -3.51. The lowest BCUT2D eigenvalue weighted by atomic mass is 10.1. The molecule has 0 aromatic heterocycles. The molecule has 7 heteroatoms. The number of hydrogen-bond donors (Lipinski definition) is 1. The van der Waals surface area contributed by atoms with E-state index in [0.717, 1.165) is 11.8 Å². The lowest BCUT2D eigenvalue weighted by molar-refractivity contribution is 0.174. The van der Waals surface area contributed by atoms with E-state index < -0.39 is 15.8 Å². The zero-order chi connectivity index (χ0) is 16.4. The second kappa shape index (κ2) is 5.92. The number of nitrogens with one attached hydrogen (secondary N) is 1. The molecule has 3 rings (SSSR count). The van der Waals surface area contributed by atoms with E-state index in [1.54, 1.807) is 18.2 Å². The van der Waals surface area contributed by atoms with Crippen LogP contribution >= 0.6 is 0 Å². The first-order valence-corrected chi connectivity index (χ1v) is 8.65. The maximum absolute atomic E-state index is 13.9. The third-order valence-electron chi connectivity index (χ3n) is 3.15. The average molecular weight is 335 g/mol. The molecule has 120 valence electrons. The number of benzene rings is 2. The normalized spacial score (nSPS) is 13.5. The number of ether oxygens (including phenoxy) is 2. The molecule has 0 saturated carbocycles. The Kier molecular flexibility index (Phi) is 3.96. The molecule has 0 unspecified atom stereocenters. The fourth-order valence-electron chi connectivity index (χ4n) is 2.13. The van der Waals surface area contributed by atoms with Crippen LogP contribution in [0.25, 0.3) is 12.2 Å². The van der Waals surface area contributed by atoms with Crippen molar-refractivity contribution < 1.29 is 22.3 Å². The van der Waals surface area contributed by atoms with E-state index in [0.29, 0.717) is 17.1 Å². The zero-order valence-electron chi connectivity index (χ0n) is 12.2. The molecule has 0 atom stereocenters. The van der Waals surface area contributed by atoms with E-state index in [9.17, 15) is 12.8 Å². The van der Waals surface area contributed by atoms with Gasteiger partial charge >= 0.3 is 0 Å². The van der Waals surface area contributed by atoms with Crippen LogP contribution in [0.2, 0.25) is 0 Å². The summed E-state index contributed by atoms with van der Waals surface area (Å²) in [6.07, 6.45) is 4.51. The van der Waals surface area contributed by atoms with Gasteiger partial charge in [-0.25, -0.2) is 12.8 Å². The molecule has 1 aliphatic rings. The highest BCUT2D eigenvalue weighted by Crippen LogP contribution is 2.33. The third-order valence-corrected chi connectivity index (χ3v) is 3.74. The first-order chi connectivity index (χ1) is 10.9. The minimum Gasteiger partial charge on any atom is -0.454 e. The Morgan fingerprint density at radius 1 is 1.04 bits per heavy atom. The smallest absolute Gasteiger partial charge is 0.231 e. The molecule has 1 aliphatic heterocycles. The Hall–Kier alpha value is -2.54. The molecule has 0 spiro atoms. The van der Waals surface area contributed by atoms with Crippen LogP contribution in [-0.2, 0) is 10.0 Å². The lowest BCUT2D eigenvalue weighted by Crippen LogP contribution is -2.10. The van der Waals surface area contributed by atoms with Crippen molar-refractivity contribution in [2.24, 2.45) is 0 Å². The number of sulfonamides is 1. The summed E-state index contributed by atoms with van der Waals surface area (Å²) in [5, 5.41) is 0. The predicted molar refractivity (Wildman–Crippen MR) is 86.4 cm³/mol. The maximum Gasteiger partial charge on any atom is 0.231 e. The van der Waals surface area contributed by atoms with Gasteiger partial charge < -0.3 is 9.47 Å². The molecule has 2 aromatic carbocycles. The summed E-state index contributed by atoms with van der Waals surface area (Å²) in [5.74, 6) is 0.735. The number of fused-ring (bicyclic) bond motifs is 1. The van der Waals surface area contributed by atoms with E-state index >= 15 is 0 Å². The molecular weight excluding hydrogens is 321 g/mol. The summed E-state index contributed by atoms with van der Waals surface area (Å²) >= 11 is 0. The Labute approximate surface area is 133 Å². The quantitative estimate of drug-likeness (QED) is 0.872. The predicted octanol–water partition coefficient (Wildman–Crippen LogP) is 3.10. The number of rotatable bonds is 4. The second-order valence-corrected chi connectivity index (χ2v) is 6.81. The van der Waals surface area contributed by atoms with Crippen molar-refractivity contribution in [3.63, 3.8) is 0 Å². The van der Waals surface area contributed by atoms with E-state index in [4.69, 9.17) is 9.47 Å². The van der Waals surface area contributed by atoms with Crippen molar-refractivity contribution in [3.05, 3.63) is 53.3 Å². The molecular formula is C16H14FNO4S. The fraction of sp³-hybridized carbons (Fsp3) is 0.125. The van der Waals surface area contributed by atoms with Crippen LogP contribution in [0.5, 0.6) is 11.5 Å². The zero-order valence-corrected chi connectivity index (χ0v) is 13.1. The first kappa shape index (κ1) is 15.4. The van der Waals surface area contributed by atoms with Crippen LogP contribution in [-0.4, -0.2) is 21.5 Å². The van der Waals surface area contributed by atoms with Crippen molar-refractivity contribution in [1.82, 2.24) is 0 Å². The van der Waals surface area contributed by atoms with Gasteiger partial charge in [-0.2, -0.15) is 0 Å². The molecule has 0 bridgehead atoms. The third kappa shape index (κ3) is 3.81. The molecule has 2 aromatic rings. The summed E-state index contributed by atoms with van der Waals surface area (Å²) in [4.78, 5) is 0. The monoisotopic (exact) mass is 335 g/mol. The highest BCUT2D eigenvalue weighted by Gasteiger charge is 2.12. The highest BCUT2D eigenvalue weighted by atomic mass is 32.2. The molecule has 0 aliphatic carbocycles. The van der Waals surface area contributed by atoms with E-state index in [2.05, 4.69) is 4.72 Å². The van der Waals surface area contributed by atoms with Gasteiger partial charge in [0.2, 0.25) is 16.8 Å². The summed E-state index contributed by atoms with van der Waals surface area (Å²) in [7, 11) is -3.51. The van der Waals surface area contributed by atoms with Crippen LogP contribution in [0, 0.1) is 5.82 Å². The van der Waals surface area contributed by atoms with Crippen LogP contribution in [0.4, 0.5) is 10.1 Å². The molecule has 1 heterocycles. The second-order valence-electron chi connectivity index (χ2n) is 5.06. The van der Waals surface area contributed by atoms with E-state index in [1.807, 2.05) is 18.2 Å². The molecule has 0 amide bonds. The fourth-order valence-corrected chi connectivity index (χ4v) is 2.69. The van der Waals surface area contributed by atoms with Crippen molar-refractivity contribution in [2.45, 2.75) is 0 Å². The molecule has 0 fully saturated rings. The summed E-state index contributed by atoms with van der Waals surface area (Å²) in [5.41, 5.74) is 1.42. The van der Waals surface area contributed by atoms with Crippen LogP contribution < -0.4 is 14.2 Å². The molecule has 23 heavy (non-hydrogen) atoms. The molecule has 1 N–H and O–H groups in total. The van der Waals surface area contributed by atoms with Crippen LogP contribution in [0.1, 0.15) is 11.1 Å². The Morgan fingerprint density at radius 2 is 1.70 bits per heavy atom. The topological polar surface area (TPSA) is 64.6 Å². The number of halogens is 1. The van der Waals surface area contributed by atoms with Crippen LogP contribution in [0.3, 0.4) is 0 Å². The minimum absolute atomic E-state index is 0.0762. The van der Waals surface area contributed by atoms with Gasteiger partial charge in [-0.05, 0) is 35.4 Å². The number of hydrogen-bond acceptors (Lipinski definition) is 4. The number of anilines is 1. The van der Waals surface area contributed by atoms with Crippen molar-refractivity contribution in [1.29, 1.82) is 0 Å². The van der Waals surface area contributed by atoms with Gasteiger partial charge in [-0.3, -0.25) is 4.72 Å². The van der Waals surface area contributed by atoms with Gasteiger partial charge in [0.25, 0.3) is 0 Å². The average Bonchev–Trinajstić information content (AvgIpc) is 2.94. The van der Waals surface area contributed by atoms with Gasteiger partial charge in [0.05, 0.1) is 11.9 Å². The molecule has 0 saturated heterocycles. The molecule has 5 nitrogen and oxygen atoms in total. The summed E-state index contributed by atoms with van der Waals surface area (Å²) in [6.45, 7) is 0.211. The highest BCUT2D eigenvalue weighted by molar-refractivity contribution is 7.92. The van der Waals surface area contributed by atoms with Gasteiger partial charge in [0.1, 0.15) is 5.82 Å². The standard InChI is InChI=1S/C16H14FNO4S/c1-23(19,20)18-14-6-4-11(8-13(14)17)2-3-12-5-7-15-16(9-12)22-10-21-15/h2-9,18H,10H2,1H3/b3-2+. The van der Waals surface area contributed by atoms with Gasteiger partial charge in [0, 0.05) is 0 Å². The van der Waals surface area contributed by atoms with Crippen molar-refractivity contribution in [3.8, 4) is 11.5 Å². The van der Waals surface area contributed by atoms with E-state index in [-0.39, 0.29) is 12.5 Å². The Bertz CT molecular complexity index is 878. The van der Waals surface area contributed by atoms with Crippen molar-refractivity contribution in [2.75, 3.05) is 17.8 Å². The summed E-state index contributed by atoms with van der Waals surface area (Å²) in [6, 6.07) is 9.77. The Balaban J connectivity index is 1.79. The largest absolute Gasteiger partial charge is 0.454 e. The van der Waals surface area contributed by atoms with Crippen molar-refractivity contribution >= 4 is 27.9 Å². The molecule has 0 radical (unpaired) electrons. The van der Waals surface area contributed by atoms with E-state index in [1.165, 1.54) is 12.1 Å². The lowest BCUT2D eigenvalue weighted by Gasteiger charge is -2.05.